The number of aromatic nitrogens is 2. The van der Waals surface area contributed by atoms with E-state index in [2.05, 4.69) is 9.97 Å². The molecule has 1 aliphatic rings. The molecule has 0 aliphatic carbocycles. The van der Waals surface area contributed by atoms with Gasteiger partial charge in [0.2, 0.25) is 11.8 Å². The molecule has 2 N–H and O–H groups in total. The molecule has 0 saturated carbocycles. The number of hydrogen-bond donors (Lipinski definition) is 2. The van der Waals surface area contributed by atoms with Crippen molar-refractivity contribution in [2.24, 2.45) is 0 Å². The van der Waals surface area contributed by atoms with Gasteiger partial charge in [0, 0.05) is 45.9 Å². The van der Waals surface area contributed by atoms with E-state index in [9.17, 15) is 19.1 Å². The lowest BCUT2D eigenvalue weighted by molar-refractivity contribution is -0.132. The Balaban J connectivity index is 1.60. The van der Waals surface area contributed by atoms with Gasteiger partial charge in [0.25, 0.3) is 0 Å². The lowest BCUT2D eigenvalue weighted by Gasteiger charge is -2.21. The van der Waals surface area contributed by atoms with Gasteiger partial charge in [-0.05, 0) is 18.2 Å². The van der Waals surface area contributed by atoms with Crippen molar-refractivity contribution < 1.29 is 19.1 Å². The number of fused-ring (bicyclic) bond motifs is 1. The molecule has 1 saturated heterocycles. The van der Waals surface area contributed by atoms with Crippen molar-refractivity contribution in [1.29, 1.82) is 0 Å². The summed E-state index contributed by atoms with van der Waals surface area (Å²) in [5.74, 6) is 0.0704. The number of rotatable bonds is 3. The molecular weight excluding hydrogens is 327 g/mol. The second-order valence-corrected chi connectivity index (χ2v) is 6.30. The number of aliphatic hydroxyl groups is 1. The minimum atomic E-state index is -0.746. The largest absolute Gasteiger partial charge is 0.389 e. The van der Waals surface area contributed by atoms with Crippen LogP contribution < -0.4 is 0 Å². The van der Waals surface area contributed by atoms with Crippen LogP contribution >= 0.6 is 0 Å². The van der Waals surface area contributed by atoms with E-state index >= 15 is 0 Å². The zero-order valence-electron chi connectivity index (χ0n) is 14.0. The van der Waals surface area contributed by atoms with Gasteiger partial charge in [0.15, 0.2) is 0 Å². The van der Waals surface area contributed by atoms with Crippen LogP contribution in [0.1, 0.15) is 19.2 Å². The van der Waals surface area contributed by atoms with E-state index in [4.69, 9.17) is 0 Å². The summed E-state index contributed by atoms with van der Waals surface area (Å²) in [6, 6.07) is 4.31. The molecule has 2 heterocycles. The Morgan fingerprint density at radius 2 is 2.04 bits per heavy atom. The van der Waals surface area contributed by atoms with Crippen LogP contribution in [0.4, 0.5) is 4.39 Å². The molecule has 1 fully saturated rings. The molecule has 1 atom stereocenters. The third kappa shape index (κ3) is 4.14. The number of nitrogens with one attached hydrogen (secondary N) is 1. The van der Waals surface area contributed by atoms with Crippen LogP contribution in [-0.4, -0.2) is 69.0 Å². The second kappa shape index (κ2) is 7.18. The molecule has 3 rings (SSSR count). The zero-order valence-corrected chi connectivity index (χ0v) is 14.0. The van der Waals surface area contributed by atoms with Gasteiger partial charge in [-0.15, -0.1) is 0 Å². The molecule has 0 bridgehead atoms. The lowest BCUT2D eigenvalue weighted by Crippen LogP contribution is -2.37. The average Bonchev–Trinajstić information content (AvgIpc) is 2.85. The molecular formula is C17H21FN4O3. The van der Waals surface area contributed by atoms with E-state index in [1.807, 2.05) is 0 Å². The number of aryl methyl sites for hydroxylation is 1. The molecule has 2 amide bonds. The number of H-pyrrole nitrogens is 1. The Hall–Kier alpha value is -2.48. The molecule has 2 aromatic rings. The fraction of sp³-hybridized carbons (Fsp3) is 0.471. The normalized spacial score (nSPS) is 18.4. The summed E-state index contributed by atoms with van der Waals surface area (Å²) in [4.78, 5) is 34.4. The lowest BCUT2D eigenvalue weighted by atomic mass is 10.2. The molecule has 8 heteroatoms. The zero-order chi connectivity index (χ0) is 18.0. The van der Waals surface area contributed by atoms with Gasteiger partial charge in [-0.25, -0.2) is 9.37 Å². The molecule has 0 spiro atoms. The Morgan fingerprint density at radius 3 is 2.80 bits per heavy atom. The predicted molar refractivity (Wildman–Crippen MR) is 89.2 cm³/mol. The molecule has 1 aliphatic heterocycles. The number of aliphatic hydroxyl groups excluding tert-OH is 1. The van der Waals surface area contributed by atoms with E-state index < -0.39 is 6.10 Å². The highest BCUT2D eigenvalue weighted by atomic mass is 19.1. The van der Waals surface area contributed by atoms with Gasteiger partial charge < -0.3 is 19.9 Å². The number of benzene rings is 1. The molecule has 1 aromatic carbocycles. The first kappa shape index (κ1) is 17.3. The standard InChI is InChI=1S/C17H21FN4O3/c1-11(23)21-6-7-22(10-13(24)9-21)17(25)5-4-16-19-14-3-2-12(18)8-15(14)20-16/h2-3,8,13,24H,4-7,9-10H2,1H3,(H,19,20)/t13-/m0/s1. The first-order valence-electron chi connectivity index (χ1n) is 8.28. The fourth-order valence-electron chi connectivity index (χ4n) is 3.04. The summed E-state index contributed by atoms with van der Waals surface area (Å²) in [7, 11) is 0. The Morgan fingerprint density at radius 1 is 1.32 bits per heavy atom. The molecule has 0 unspecified atom stereocenters. The van der Waals surface area contributed by atoms with Crippen LogP contribution in [0, 0.1) is 5.82 Å². The summed E-state index contributed by atoms with van der Waals surface area (Å²) >= 11 is 0. The van der Waals surface area contributed by atoms with Gasteiger partial charge in [-0.3, -0.25) is 9.59 Å². The Labute approximate surface area is 144 Å². The van der Waals surface area contributed by atoms with Crippen molar-refractivity contribution in [2.75, 3.05) is 26.2 Å². The maximum absolute atomic E-state index is 13.2. The summed E-state index contributed by atoms with van der Waals surface area (Å²) in [6.07, 6.45) is -0.114. The van der Waals surface area contributed by atoms with Crippen LogP contribution in [-0.2, 0) is 16.0 Å². The molecule has 7 nitrogen and oxygen atoms in total. The van der Waals surface area contributed by atoms with Crippen molar-refractivity contribution in [3.63, 3.8) is 0 Å². The minimum absolute atomic E-state index is 0.101. The first-order chi connectivity index (χ1) is 11.9. The third-order valence-electron chi connectivity index (χ3n) is 4.37. The summed E-state index contributed by atoms with van der Waals surface area (Å²) in [5, 5.41) is 9.99. The average molecular weight is 348 g/mol. The molecule has 1 aromatic heterocycles. The highest BCUT2D eigenvalue weighted by Gasteiger charge is 2.25. The molecule has 0 radical (unpaired) electrons. The van der Waals surface area contributed by atoms with Gasteiger partial charge in [0.05, 0.1) is 17.1 Å². The highest BCUT2D eigenvalue weighted by molar-refractivity contribution is 5.78. The fourth-order valence-corrected chi connectivity index (χ4v) is 3.04. The number of nitrogens with zero attached hydrogens (tertiary/aromatic N) is 3. The Kier molecular flexibility index (Phi) is 4.98. The highest BCUT2D eigenvalue weighted by Crippen LogP contribution is 2.14. The van der Waals surface area contributed by atoms with Gasteiger partial charge in [0.1, 0.15) is 11.6 Å². The number of halogens is 1. The van der Waals surface area contributed by atoms with Crippen LogP contribution in [0.25, 0.3) is 11.0 Å². The summed E-state index contributed by atoms with van der Waals surface area (Å²) in [6.45, 7) is 2.74. The van der Waals surface area contributed by atoms with Crippen LogP contribution in [0.5, 0.6) is 0 Å². The first-order valence-corrected chi connectivity index (χ1v) is 8.28. The Bertz CT molecular complexity index is 791. The predicted octanol–water partition coefficient (Wildman–Crippen LogP) is 0.686. The maximum atomic E-state index is 13.2. The monoisotopic (exact) mass is 348 g/mol. The summed E-state index contributed by atoms with van der Waals surface area (Å²) < 4.78 is 13.2. The smallest absolute Gasteiger partial charge is 0.223 e. The summed E-state index contributed by atoms with van der Waals surface area (Å²) in [5.41, 5.74) is 1.26. The third-order valence-corrected chi connectivity index (χ3v) is 4.37. The maximum Gasteiger partial charge on any atom is 0.223 e. The molecule has 25 heavy (non-hydrogen) atoms. The van der Waals surface area contributed by atoms with Crippen molar-refractivity contribution in [1.82, 2.24) is 19.8 Å². The van der Waals surface area contributed by atoms with Crippen LogP contribution in [0.15, 0.2) is 18.2 Å². The van der Waals surface area contributed by atoms with E-state index in [1.165, 1.54) is 19.1 Å². The van der Waals surface area contributed by atoms with E-state index in [1.54, 1.807) is 15.9 Å². The SMILES string of the molecule is CC(=O)N1CCN(C(=O)CCc2nc3ccc(F)cc3[nH]2)C[C@@H](O)C1. The van der Waals surface area contributed by atoms with Crippen LogP contribution in [0.2, 0.25) is 0 Å². The van der Waals surface area contributed by atoms with Crippen molar-refractivity contribution >= 4 is 22.8 Å². The van der Waals surface area contributed by atoms with Crippen molar-refractivity contribution in [3.8, 4) is 0 Å². The number of imidazole rings is 1. The molecule has 134 valence electrons. The number of amides is 2. The van der Waals surface area contributed by atoms with E-state index in [0.717, 1.165) is 0 Å². The second-order valence-electron chi connectivity index (χ2n) is 6.30. The topological polar surface area (TPSA) is 89.5 Å². The van der Waals surface area contributed by atoms with Gasteiger partial charge in [-0.1, -0.05) is 0 Å². The van der Waals surface area contributed by atoms with Crippen LogP contribution in [0.3, 0.4) is 0 Å². The number of carbonyl (C=O) groups excluding carboxylic acids is 2. The number of β-amino-alcohol motifs (C(OH)–C–C–N with tert-alkyl or cyclic N) is 1. The minimum Gasteiger partial charge on any atom is -0.389 e. The van der Waals surface area contributed by atoms with Crippen molar-refractivity contribution in [2.45, 2.75) is 25.9 Å². The number of carbonyl (C=O) groups is 2. The van der Waals surface area contributed by atoms with Gasteiger partial charge >= 0.3 is 0 Å². The quantitative estimate of drug-likeness (QED) is 0.854. The van der Waals surface area contributed by atoms with Crippen molar-refractivity contribution in [3.05, 3.63) is 29.8 Å². The van der Waals surface area contributed by atoms with E-state index in [-0.39, 0.29) is 37.1 Å². The number of hydrogen-bond acceptors (Lipinski definition) is 4. The van der Waals surface area contributed by atoms with E-state index in [0.29, 0.717) is 36.4 Å². The number of aromatic amines is 1. The van der Waals surface area contributed by atoms with Gasteiger partial charge in [-0.2, -0.15) is 0 Å².